The summed E-state index contributed by atoms with van der Waals surface area (Å²) in [7, 11) is -3.55. The summed E-state index contributed by atoms with van der Waals surface area (Å²) in [6.45, 7) is 10.5. The Bertz CT molecular complexity index is 1640. The number of aryl methyl sites for hydroxylation is 1. The van der Waals surface area contributed by atoms with E-state index in [1.165, 1.54) is 17.3 Å². The van der Waals surface area contributed by atoms with Crippen LogP contribution < -0.4 is 21.1 Å². The van der Waals surface area contributed by atoms with Gasteiger partial charge in [-0.25, -0.2) is 13.4 Å². The fourth-order valence-electron chi connectivity index (χ4n) is 5.92. The minimum atomic E-state index is -3.55. The van der Waals surface area contributed by atoms with Crippen molar-refractivity contribution in [1.29, 1.82) is 0 Å². The SMILES string of the molecule is Cc1cc(Nc2ncc(Cl)c(Nc3ccccc3S(=O)(=O)C(C)C)n2)c2c(c1C1CCN(C(=O)C(C)N)CC1)CC(C)O2. The fraction of sp³-hybridized carbons (Fsp3) is 0.452. The summed E-state index contributed by atoms with van der Waals surface area (Å²) in [4.78, 5) is 23.4. The number of nitrogens with zero attached hydrogens (tertiary/aromatic N) is 3. The zero-order chi connectivity index (χ0) is 31.1. The first-order valence-corrected chi connectivity index (χ1v) is 16.6. The van der Waals surface area contributed by atoms with E-state index in [9.17, 15) is 13.2 Å². The molecular formula is C31H39ClN6O4S. The molecule has 2 aromatic carbocycles. The van der Waals surface area contributed by atoms with Crippen molar-refractivity contribution < 1.29 is 17.9 Å². The summed E-state index contributed by atoms with van der Waals surface area (Å²) in [6.07, 6.45) is 4.02. The number of benzene rings is 2. The van der Waals surface area contributed by atoms with Crippen molar-refractivity contribution in [3.63, 3.8) is 0 Å². The number of nitrogens with one attached hydrogen (secondary N) is 2. The highest BCUT2D eigenvalue weighted by atomic mass is 35.5. The maximum Gasteiger partial charge on any atom is 0.239 e. The molecule has 4 N–H and O–H groups in total. The van der Waals surface area contributed by atoms with Gasteiger partial charge in [0.15, 0.2) is 15.7 Å². The Kier molecular flexibility index (Phi) is 8.87. The van der Waals surface area contributed by atoms with E-state index in [1.54, 1.807) is 45.0 Å². The molecule has 1 saturated heterocycles. The number of rotatable bonds is 8. The minimum Gasteiger partial charge on any atom is -0.488 e. The first-order chi connectivity index (χ1) is 20.4. The molecule has 10 nitrogen and oxygen atoms in total. The summed E-state index contributed by atoms with van der Waals surface area (Å²) >= 11 is 6.45. The standard InChI is InChI=1S/C31H39ClN6O4S/c1-17(2)43(40,41)26-9-7-6-8-24(26)35-29-23(32)16-34-31(37-29)36-25-14-18(3)27(22-15-19(4)42-28(22)25)21-10-12-38(13-11-21)30(39)20(5)33/h6-9,14,16-17,19-21H,10-13,15,33H2,1-5H3,(H2,34,35,36,37). The largest absolute Gasteiger partial charge is 0.488 e. The van der Waals surface area contributed by atoms with Crippen molar-refractivity contribution >= 4 is 50.5 Å². The number of nitrogens with two attached hydrogens (primary N) is 1. The normalized spacial score (nSPS) is 17.9. The number of aromatic nitrogens is 2. The van der Waals surface area contributed by atoms with Crippen LogP contribution in [0, 0.1) is 6.92 Å². The number of likely N-dealkylation sites (tertiary alicyclic amines) is 1. The highest BCUT2D eigenvalue weighted by Gasteiger charge is 2.33. The molecular weight excluding hydrogens is 588 g/mol. The number of hydrogen-bond donors (Lipinski definition) is 3. The van der Waals surface area contributed by atoms with Gasteiger partial charge in [-0.2, -0.15) is 4.98 Å². The summed E-state index contributed by atoms with van der Waals surface area (Å²) in [5.74, 6) is 1.66. The number of hydrogen-bond acceptors (Lipinski definition) is 9. The Morgan fingerprint density at radius 1 is 1.14 bits per heavy atom. The van der Waals surface area contributed by atoms with Gasteiger partial charge in [-0.05, 0) is 82.7 Å². The highest BCUT2D eigenvalue weighted by molar-refractivity contribution is 7.92. The van der Waals surface area contributed by atoms with E-state index in [4.69, 9.17) is 22.1 Å². The predicted octanol–water partition coefficient (Wildman–Crippen LogP) is 5.48. The molecule has 0 spiro atoms. The lowest BCUT2D eigenvalue weighted by Crippen LogP contribution is -2.45. The molecule has 5 rings (SSSR count). The lowest BCUT2D eigenvalue weighted by molar-refractivity contribution is -0.133. The molecule has 0 aliphatic carbocycles. The van der Waals surface area contributed by atoms with Crippen LogP contribution in [-0.2, 0) is 21.1 Å². The molecule has 0 radical (unpaired) electrons. The van der Waals surface area contributed by atoms with Crippen LogP contribution in [0.1, 0.15) is 63.1 Å². The van der Waals surface area contributed by atoms with E-state index in [0.717, 1.165) is 36.3 Å². The lowest BCUT2D eigenvalue weighted by atomic mass is 9.82. The van der Waals surface area contributed by atoms with Gasteiger partial charge in [0, 0.05) is 25.1 Å². The van der Waals surface area contributed by atoms with Gasteiger partial charge in [0.2, 0.25) is 11.9 Å². The number of fused-ring (bicyclic) bond motifs is 1. The molecule has 0 saturated carbocycles. The molecule has 2 aliphatic rings. The number of halogens is 1. The maximum absolute atomic E-state index is 13.0. The molecule has 2 unspecified atom stereocenters. The highest BCUT2D eigenvalue weighted by Crippen LogP contribution is 2.46. The number of ether oxygens (including phenoxy) is 1. The molecule has 3 aromatic rings. The van der Waals surface area contributed by atoms with Gasteiger partial charge in [0.05, 0.1) is 33.8 Å². The zero-order valence-electron chi connectivity index (χ0n) is 25.1. The van der Waals surface area contributed by atoms with Gasteiger partial charge in [0.25, 0.3) is 0 Å². The van der Waals surface area contributed by atoms with Crippen LogP contribution in [0.4, 0.5) is 23.1 Å². The number of piperidine rings is 1. The molecule has 1 aromatic heterocycles. The molecule has 43 heavy (non-hydrogen) atoms. The van der Waals surface area contributed by atoms with Crippen molar-refractivity contribution in [2.24, 2.45) is 5.73 Å². The third kappa shape index (κ3) is 6.30. The first kappa shape index (κ1) is 31.0. The summed E-state index contributed by atoms with van der Waals surface area (Å²) in [6, 6.07) is 8.26. The van der Waals surface area contributed by atoms with Crippen LogP contribution in [0.3, 0.4) is 0 Å². The van der Waals surface area contributed by atoms with E-state index in [0.29, 0.717) is 24.7 Å². The van der Waals surface area contributed by atoms with Crippen LogP contribution in [0.15, 0.2) is 41.4 Å². The fourth-order valence-corrected chi connectivity index (χ4v) is 7.26. The van der Waals surface area contributed by atoms with Gasteiger partial charge >= 0.3 is 0 Å². The molecule has 2 aliphatic heterocycles. The van der Waals surface area contributed by atoms with E-state index in [2.05, 4.69) is 40.5 Å². The molecule has 1 amide bonds. The lowest BCUT2D eigenvalue weighted by Gasteiger charge is -2.34. The molecule has 230 valence electrons. The van der Waals surface area contributed by atoms with Crippen LogP contribution in [-0.4, -0.2) is 59.7 Å². The number of carbonyl (C=O) groups is 1. The summed E-state index contributed by atoms with van der Waals surface area (Å²) in [5, 5.41) is 6.07. The molecule has 0 bridgehead atoms. The topological polar surface area (TPSA) is 140 Å². The molecule has 2 atom stereocenters. The third-order valence-corrected chi connectivity index (χ3v) is 10.6. The Balaban J connectivity index is 1.42. The van der Waals surface area contributed by atoms with E-state index < -0.39 is 21.1 Å². The van der Waals surface area contributed by atoms with Crippen LogP contribution >= 0.6 is 11.6 Å². The number of amides is 1. The van der Waals surface area contributed by atoms with Crippen molar-refractivity contribution in [2.75, 3.05) is 23.7 Å². The number of sulfone groups is 1. The van der Waals surface area contributed by atoms with E-state index in [-0.39, 0.29) is 33.7 Å². The predicted molar refractivity (Wildman–Crippen MR) is 170 cm³/mol. The maximum atomic E-state index is 13.0. The molecule has 12 heteroatoms. The number of anilines is 4. The molecule has 1 fully saturated rings. The second-order valence-electron chi connectivity index (χ2n) is 11.7. The Morgan fingerprint density at radius 3 is 2.51 bits per heavy atom. The first-order valence-electron chi connectivity index (χ1n) is 14.6. The van der Waals surface area contributed by atoms with Gasteiger partial charge in [0.1, 0.15) is 16.9 Å². The van der Waals surface area contributed by atoms with Gasteiger partial charge in [-0.15, -0.1) is 0 Å². The monoisotopic (exact) mass is 626 g/mol. The average Bonchev–Trinajstić information content (AvgIpc) is 3.36. The van der Waals surface area contributed by atoms with Crippen molar-refractivity contribution in [2.45, 2.75) is 82.1 Å². The van der Waals surface area contributed by atoms with Crippen LogP contribution in [0.25, 0.3) is 0 Å². The molecule has 3 heterocycles. The van der Waals surface area contributed by atoms with Gasteiger partial charge in [-0.3, -0.25) is 4.79 Å². The third-order valence-electron chi connectivity index (χ3n) is 8.10. The van der Waals surface area contributed by atoms with Crippen molar-refractivity contribution in [3.05, 3.63) is 58.2 Å². The van der Waals surface area contributed by atoms with E-state index >= 15 is 0 Å². The Hall–Kier alpha value is -3.41. The zero-order valence-corrected chi connectivity index (χ0v) is 26.7. The number of para-hydroxylation sites is 1. The number of carbonyl (C=O) groups excluding carboxylic acids is 1. The van der Waals surface area contributed by atoms with Crippen LogP contribution in [0.5, 0.6) is 5.75 Å². The van der Waals surface area contributed by atoms with Crippen LogP contribution in [0.2, 0.25) is 5.02 Å². The Morgan fingerprint density at radius 2 is 1.84 bits per heavy atom. The van der Waals surface area contributed by atoms with Gasteiger partial charge in [-0.1, -0.05) is 23.7 Å². The smallest absolute Gasteiger partial charge is 0.239 e. The summed E-state index contributed by atoms with van der Waals surface area (Å²) < 4.78 is 32.2. The van der Waals surface area contributed by atoms with E-state index in [1.807, 2.05) is 4.90 Å². The quantitative estimate of drug-likeness (QED) is 0.296. The minimum absolute atomic E-state index is 0.00115. The second kappa shape index (κ2) is 12.3. The second-order valence-corrected chi connectivity index (χ2v) is 14.6. The van der Waals surface area contributed by atoms with Crippen molar-refractivity contribution in [3.8, 4) is 5.75 Å². The van der Waals surface area contributed by atoms with Crippen molar-refractivity contribution in [1.82, 2.24) is 14.9 Å². The van der Waals surface area contributed by atoms with Gasteiger partial charge < -0.3 is 26.0 Å². The summed E-state index contributed by atoms with van der Waals surface area (Å²) in [5.41, 5.74) is 10.6. The Labute approximate surface area is 258 Å². The average molecular weight is 627 g/mol.